The summed E-state index contributed by atoms with van der Waals surface area (Å²) >= 11 is 5.78. The Hall–Kier alpha value is -1.13. The van der Waals surface area contributed by atoms with Gasteiger partial charge >= 0.3 is 0 Å². The van der Waals surface area contributed by atoms with Gasteiger partial charge in [0.2, 0.25) is 0 Å². The first-order valence-electron chi connectivity index (χ1n) is 6.27. The maximum atomic E-state index is 13.3. The number of morpholine rings is 1. The van der Waals surface area contributed by atoms with Gasteiger partial charge in [0.05, 0.1) is 24.6 Å². The van der Waals surface area contributed by atoms with Crippen LogP contribution in [-0.4, -0.2) is 42.0 Å². The summed E-state index contributed by atoms with van der Waals surface area (Å²) in [4.78, 5) is 14.2. The molecule has 2 atom stereocenters. The van der Waals surface area contributed by atoms with Crippen molar-refractivity contribution in [3.05, 3.63) is 35.1 Å². The molecule has 0 aliphatic carbocycles. The second-order valence-electron chi connectivity index (χ2n) is 4.88. The summed E-state index contributed by atoms with van der Waals surface area (Å²) in [6.45, 7) is 4.62. The predicted octanol–water partition coefficient (Wildman–Crippen LogP) is 2.60. The number of alkyl halides is 1. The number of nitrogens with zero attached hydrogens (tertiary/aromatic N) is 1. The lowest BCUT2D eigenvalue weighted by atomic mass is 10.1. The highest BCUT2D eigenvalue weighted by Gasteiger charge is 2.30. The third-order valence-corrected chi connectivity index (χ3v) is 3.71. The fraction of sp³-hybridized carbons (Fsp3) is 0.500. The molecule has 1 aromatic carbocycles. The lowest BCUT2D eigenvalue weighted by molar-refractivity contribution is -0.0372. The summed E-state index contributed by atoms with van der Waals surface area (Å²) < 4.78 is 18.8. The van der Waals surface area contributed by atoms with Gasteiger partial charge in [-0.05, 0) is 31.5 Å². The van der Waals surface area contributed by atoms with E-state index >= 15 is 0 Å². The number of carbonyl (C=O) groups excluding carboxylic acids is 1. The minimum atomic E-state index is -0.399. The second-order valence-corrected chi connectivity index (χ2v) is 5.18. The van der Waals surface area contributed by atoms with Crippen LogP contribution in [0.3, 0.4) is 0 Å². The number of carbonyl (C=O) groups is 1. The highest BCUT2D eigenvalue weighted by atomic mass is 35.5. The Balaban J connectivity index is 2.24. The van der Waals surface area contributed by atoms with Gasteiger partial charge in [0.25, 0.3) is 5.91 Å². The van der Waals surface area contributed by atoms with Crippen LogP contribution in [0.1, 0.15) is 22.8 Å². The molecule has 1 aliphatic rings. The molecular formula is C14H17ClFNO2. The molecule has 104 valence electrons. The van der Waals surface area contributed by atoms with Gasteiger partial charge in [0, 0.05) is 12.1 Å². The topological polar surface area (TPSA) is 29.5 Å². The predicted molar refractivity (Wildman–Crippen MR) is 72.1 cm³/mol. The lowest BCUT2D eigenvalue weighted by Crippen LogP contribution is -2.51. The van der Waals surface area contributed by atoms with E-state index in [-0.39, 0.29) is 18.1 Å². The molecule has 0 N–H and O–H groups in total. The summed E-state index contributed by atoms with van der Waals surface area (Å²) in [7, 11) is 0. The fourth-order valence-corrected chi connectivity index (χ4v) is 2.36. The van der Waals surface area contributed by atoms with Crippen LogP contribution in [0.15, 0.2) is 18.2 Å². The lowest BCUT2D eigenvalue weighted by Gasteiger charge is -2.37. The fourth-order valence-electron chi connectivity index (χ4n) is 2.17. The van der Waals surface area contributed by atoms with Gasteiger partial charge in [-0.3, -0.25) is 4.79 Å². The zero-order valence-electron chi connectivity index (χ0n) is 11.0. The summed E-state index contributed by atoms with van der Waals surface area (Å²) in [5, 5.41) is 0. The Kier molecular flexibility index (Phi) is 4.42. The van der Waals surface area contributed by atoms with Crippen molar-refractivity contribution in [2.24, 2.45) is 0 Å². The normalized spacial score (nSPS) is 23.5. The van der Waals surface area contributed by atoms with Crippen molar-refractivity contribution in [3.8, 4) is 0 Å². The largest absolute Gasteiger partial charge is 0.373 e. The second kappa shape index (κ2) is 5.88. The van der Waals surface area contributed by atoms with Crippen molar-refractivity contribution < 1.29 is 13.9 Å². The minimum Gasteiger partial charge on any atom is -0.373 e. The van der Waals surface area contributed by atoms with E-state index in [4.69, 9.17) is 16.3 Å². The molecule has 2 unspecified atom stereocenters. The van der Waals surface area contributed by atoms with Gasteiger partial charge in [0.1, 0.15) is 5.82 Å². The average Bonchev–Trinajstić information content (AvgIpc) is 2.41. The van der Waals surface area contributed by atoms with Crippen molar-refractivity contribution in [2.45, 2.75) is 26.0 Å². The summed E-state index contributed by atoms with van der Waals surface area (Å²) in [6.07, 6.45) is -0.157. The van der Waals surface area contributed by atoms with Crippen molar-refractivity contribution in [1.82, 2.24) is 4.90 Å². The van der Waals surface area contributed by atoms with Crippen LogP contribution in [0.2, 0.25) is 0 Å². The molecule has 1 fully saturated rings. The first-order chi connectivity index (χ1) is 9.02. The molecular weight excluding hydrogens is 269 g/mol. The molecule has 1 aliphatic heterocycles. The van der Waals surface area contributed by atoms with E-state index in [0.29, 0.717) is 24.6 Å². The highest BCUT2D eigenvalue weighted by molar-refractivity contribution is 6.18. The van der Waals surface area contributed by atoms with Gasteiger partial charge in [-0.15, -0.1) is 11.6 Å². The Morgan fingerprint density at radius 3 is 3.00 bits per heavy atom. The molecule has 1 saturated heterocycles. The maximum Gasteiger partial charge on any atom is 0.254 e. The third kappa shape index (κ3) is 3.07. The summed E-state index contributed by atoms with van der Waals surface area (Å²) in [5.74, 6) is -0.217. The number of benzene rings is 1. The van der Waals surface area contributed by atoms with Crippen molar-refractivity contribution in [2.75, 3.05) is 19.0 Å². The number of hydrogen-bond acceptors (Lipinski definition) is 2. The van der Waals surface area contributed by atoms with Crippen molar-refractivity contribution in [3.63, 3.8) is 0 Å². The average molecular weight is 286 g/mol. The molecule has 1 heterocycles. The van der Waals surface area contributed by atoms with E-state index in [1.807, 2.05) is 6.92 Å². The Bertz CT molecular complexity index is 481. The van der Waals surface area contributed by atoms with Gasteiger partial charge in [-0.2, -0.15) is 0 Å². The van der Waals surface area contributed by atoms with Crippen LogP contribution >= 0.6 is 11.6 Å². The van der Waals surface area contributed by atoms with Gasteiger partial charge < -0.3 is 9.64 Å². The van der Waals surface area contributed by atoms with E-state index in [2.05, 4.69) is 0 Å². The molecule has 0 radical (unpaired) electrons. The molecule has 0 spiro atoms. The first kappa shape index (κ1) is 14.3. The number of rotatable bonds is 2. The molecule has 2 rings (SSSR count). The van der Waals surface area contributed by atoms with E-state index in [1.165, 1.54) is 12.1 Å². The van der Waals surface area contributed by atoms with Crippen LogP contribution < -0.4 is 0 Å². The van der Waals surface area contributed by atoms with E-state index < -0.39 is 5.82 Å². The van der Waals surface area contributed by atoms with Crippen molar-refractivity contribution in [1.29, 1.82) is 0 Å². The number of aryl methyl sites for hydroxylation is 1. The van der Waals surface area contributed by atoms with Crippen LogP contribution in [0.4, 0.5) is 4.39 Å². The highest BCUT2D eigenvalue weighted by Crippen LogP contribution is 2.19. The molecule has 3 nitrogen and oxygen atoms in total. The molecule has 0 saturated carbocycles. The van der Waals surface area contributed by atoms with Crippen LogP contribution in [0.5, 0.6) is 0 Å². The molecule has 19 heavy (non-hydrogen) atoms. The third-order valence-electron chi connectivity index (χ3n) is 3.37. The summed E-state index contributed by atoms with van der Waals surface area (Å²) in [6, 6.07) is 4.23. The number of ether oxygens (including phenoxy) is 1. The van der Waals surface area contributed by atoms with Gasteiger partial charge in [0.15, 0.2) is 0 Å². The number of amides is 1. The van der Waals surface area contributed by atoms with Crippen LogP contribution in [0.25, 0.3) is 0 Å². The van der Waals surface area contributed by atoms with E-state index in [0.717, 1.165) is 5.56 Å². The minimum absolute atomic E-state index is 0.0327. The molecule has 5 heteroatoms. The van der Waals surface area contributed by atoms with Gasteiger partial charge in [-0.1, -0.05) is 6.07 Å². The number of hydrogen-bond donors (Lipinski definition) is 0. The van der Waals surface area contributed by atoms with Gasteiger partial charge in [-0.25, -0.2) is 4.39 Å². The van der Waals surface area contributed by atoms with E-state index in [9.17, 15) is 9.18 Å². The van der Waals surface area contributed by atoms with Crippen molar-refractivity contribution >= 4 is 17.5 Å². The molecule has 1 amide bonds. The molecule has 1 aromatic rings. The summed E-state index contributed by atoms with van der Waals surface area (Å²) in [5.41, 5.74) is 1.18. The molecule has 0 aromatic heterocycles. The zero-order valence-corrected chi connectivity index (χ0v) is 11.8. The first-order valence-corrected chi connectivity index (χ1v) is 6.81. The zero-order chi connectivity index (χ0) is 14.0. The smallest absolute Gasteiger partial charge is 0.254 e. The Morgan fingerprint density at radius 1 is 1.58 bits per heavy atom. The molecule has 0 bridgehead atoms. The number of halogens is 2. The maximum absolute atomic E-state index is 13.3. The van der Waals surface area contributed by atoms with Crippen LogP contribution in [-0.2, 0) is 4.74 Å². The SMILES string of the molecule is Cc1ccc(F)cc1C(=O)N1CC(CCl)OCC1C. The monoisotopic (exact) mass is 285 g/mol. The van der Waals surface area contributed by atoms with E-state index in [1.54, 1.807) is 17.9 Å². The quantitative estimate of drug-likeness (QED) is 0.782. The Morgan fingerprint density at radius 2 is 2.32 bits per heavy atom. The Labute approximate surface area is 117 Å². The standard InChI is InChI=1S/C14H17ClFNO2/c1-9-3-4-11(16)5-13(9)14(18)17-7-12(6-15)19-8-10(17)2/h3-5,10,12H,6-8H2,1-2H3. The van der Waals surface area contributed by atoms with Crippen LogP contribution in [0, 0.1) is 12.7 Å².